The van der Waals surface area contributed by atoms with Crippen LogP contribution < -0.4 is 0 Å². The Bertz CT molecular complexity index is 474. The van der Waals surface area contributed by atoms with Crippen molar-refractivity contribution >= 4 is 18.0 Å². The lowest BCUT2D eigenvalue weighted by atomic mass is 10.2. The fourth-order valence-electron chi connectivity index (χ4n) is 1.24. The summed E-state index contributed by atoms with van der Waals surface area (Å²) >= 11 is 0. The summed E-state index contributed by atoms with van der Waals surface area (Å²) in [5.74, 6) is 0.183. The van der Waals surface area contributed by atoms with Crippen LogP contribution in [0.25, 0.3) is 12.2 Å². The highest BCUT2D eigenvalue weighted by atomic mass is 16.3. The molecule has 0 bridgehead atoms. The summed E-state index contributed by atoms with van der Waals surface area (Å²) in [5.41, 5.74) is 1.68. The van der Waals surface area contributed by atoms with Gasteiger partial charge in [0.1, 0.15) is 0 Å². The van der Waals surface area contributed by atoms with Gasteiger partial charge in [-0.1, -0.05) is 36.4 Å². The Hall–Kier alpha value is -2.23. The van der Waals surface area contributed by atoms with E-state index in [-0.39, 0.29) is 5.82 Å². The maximum Gasteiger partial charge on any atom is 0.221 e. The van der Waals surface area contributed by atoms with Crippen molar-refractivity contribution in [1.82, 2.24) is 9.97 Å². The molecule has 4 heteroatoms. The molecule has 0 aliphatic heterocycles. The van der Waals surface area contributed by atoms with Crippen LogP contribution in [0.3, 0.4) is 0 Å². The lowest BCUT2D eigenvalue weighted by Crippen LogP contribution is -1.72. The normalized spacial score (nSPS) is 10.7. The first-order valence-electron chi connectivity index (χ1n) is 4.50. The maximum absolute atomic E-state index is 10.3. The number of imidazole rings is 1. The number of nitrogens with one attached hydrogen (secondary N) is 1. The largest absolute Gasteiger partial charge is 0.343 e. The van der Waals surface area contributed by atoms with Gasteiger partial charge >= 0.3 is 0 Å². The molecule has 4 nitrogen and oxygen atoms in total. The second kappa shape index (κ2) is 4.32. The van der Waals surface area contributed by atoms with Gasteiger partial charge in [0.05, 0.1) is 12.0 Å². The van der Waals surface area contributed by atoms with E-state index in [1.807, 2.05) is 36.4 Å². The van der Waals surface area contributed by atoms with Crippen LogP contribution in [0.1, 0.15) is 11.3 Å². The van der Waals surface area contributed by atoms with E-state index in [9.17, 15) is 4.91 Å². The van der Waals surface area contributed by atoms with E-state index in [1.54, 1.807) is 6.08 Å². The third-order valence-corrected chi connectivity index (χ3v) is 1.98. The number of hydrogen-bond donors (Lipinski definition) is 1. The molecule has 1 heterocycles. The molecule has 0 atom stereocenters. The Balaban J connectivity index is 2.22. The second-order valence-electron chi connectivity index (χ2n) is 2.98. The van der Waals surface area contributed by atoms with Crippen molar-refractivity contribution in [2.75, 3.05) is 0 Å². The Labute approximate surface area is 86.7 Å². The molecule has 15 heavy (non-hydrogen) atoms. The highest BCUT2D eigenvalue weighted by Crippen LogP contribution is 2.15. The second-order valence-corrected chi connectivity index (χ2v) is 2.98. The summed E-state index contributed by atoms with van der Waals surface area (Å²) in [6, 6.07) is 9.80. The van der Waals surface area contributed by atoms with Crippen LogP contribution in [0, 0.1) is 4.91 Å². The highest BCUT2D eigenvalue weighted by molar-refractivity contribution is 5.71. The van der Waals surface area contributed by atoms with Gasteiger partial charge in [-0.05, 0) is 16.8 Å². The molecule has 0 unspecified atom stereocenters. The van der Waals surface area contributed by atoms with Gasteiger partial charge in [0.2, 0.25) is 5.82 Å². The van der Waals surface area contributed by atoms with E-state index in [4.69, 9.17) is 0 Å². The number of nitrogens with zero attached hydrogens (tertiary/aromatic N) is 2. The zero-order valence-electron chi connectivity index (χ0n) is 7.92. The van der Waals surface area contributed by atoms with Crippen molar-refractivity contribution in [3.8, 4) is 0 Å². The number of H-pyrrole nitrogens is 1. The minimum absolute atomic E-state index is 0.183. The fraction of sp³-hybridized carbons (Fsp3) is 0. The van der Waals surface area contributed by atoms with Gasteiger partial charge in [0, 0.05) is 0 Å². The maximum atomic E-state index is 10.3. The first-order valence-corrected chi connectivity index (χ1v) is 4.50. The molecule has 0 saturated heterocycles. The smallest absolute Gasteiger partial charge is 0.221 e. The van der Waals surface area contributed by atoms with Crippen molar-refractivity contribution in [2.45, 2.75) is 0 Å². The molecule has 1 aromatic heterocycles. The summed E-state index contributed by atoms with van der Waals surface area (Å²) < 4.78 is 0. The molecule has 0 radical (unpaired) electrons. The first kappa shape index (κ1) is 9.33. The zero-order chi connectivity index (χ0) is 10.5. The topological polar surface area (TPSA) is 58.1 Å². The van der Waals surface area contributed by atoms with E-state index in [1.165, 1.54) is 6.33 Å². The lowest BCUT2D eigenvalue weighted by Gasteiger charge is -1.90. The van der Waals surface area contributed by atoms with Gasteiger partial charge in [0.15, 0.2) is 0 Å². The summed E-state index contributed by atoms with van der Waals surface area (Å²) in [7, 11) is 0. The number of nitroso groups, excluding NO2 is 1. The average Bonchev–Trinajstić information content (AvgIpc) is 2.75. The van der Waals surface area contributed by atoms with E-state index >= 15 is 0 Å². The highest BCUT2D eigenvalue weighted by Gasteiger charge is 2.00. The Morgan fingerprint density at radius 2 is 2.00 bits per heavy atom. The molecule has 0 aliphatic rings. The van der Waals surface area contributed by atoms with Crippen LogP contribution in [-0.2, 0) is 0 Å². The summed E-state index contributed by atoms with van der Waals surface area (Å²) in [4.78, 5) is 16.9. The van der Waals surface area contributed by atoms with Gasteiger partial charge < -0.3 is 4.98 Å². The van der Waals surface area contributed by atoms with Crippen LogP contribution in [0.15, 0.2) is 41.8 Å². The molecule has 1 aromatic carbocycles. The molecule has 0 amide bonds. The molecule has 0 aliphatic carbocycles. The Morgan fingerprint density at radius 1 is 1.20 bits per heavy atom. The number of aromatic amines is 1. The quantitative estimate of drug-likeness (QED) is 0.772. The number of aromatic nitrogens is 2. The van der Waals surface area contributed by atoms with Crippen molar-refractivity contribution in [3.05, 3.63) is 52.8 Å². The summed E-state index contributed by atoms with van der Waals surface area (Å²) in [6.07, 6.45) is 5.11. The predicted octanol–water partition coefficient (Wildman–Crippen LogP) is 2.98. The van der Waals surface area contributed by atoms with Crippen molar-refractivity contribution < 1.29 is 0 Å². The van der Waals surface area contributed by atoms with Crippen LogP contribution in [0.2, 0.25) is 0 Å². The van der Waals surface area contributed by atoms with Crippen LogP contribution >= 0.6 is 0 Å². The number of hydrogen-bond acceptors (Lipinski definition) is 3. The van der Waals surface area contributed by atoms with Crippen LogP contribution in [0.4, 0.5) is 5.82 Å². The van der Waals surface area contributed by atoms with Crippen molar-refractivity contribution in [1.29, 1.82) is 0 Å². The molecule has 0 spiro atoms. The third kappa shape index (κ3) is 2.17. The molecule has 1 N–H and O–H groups in total. The van der Waals surface area contributed by atoms with E-state index in [0.717, 1.165) is 5.56 Å². The van der Waals surface area contributed by atoms with E-state index < -0.39 is 0 Å². The minimum Gasteiger partial charge on any atom is -0.343 e. The predicted molar refractivity (Wildman–Crippen MR) is 59.4 cm³/mol. The number of rotatable bonds is 3. The van der Waals surface area contributed by atoms with Crippen molar-refractivity contribution in [2.24, 2.45) is 5.18 Å². The van der Waals surface area contributed by atoms with E-state index in [2.05, 4.69) is 15.1 Å². The zero-order valence-corrected chi connectivity index (χ0v) is 7.92. The van der Waals surface area contributed by atoms with Gasteiger partial charge in [0.25, 0.3) is 0 Å². The Morgan fingerprint density at radius 3 is 2.73 bits per heavy atom. The SMILES string of the molecule is O=Nc1nc[nH]c1/C=C/c1ccccc1. The Kier molecular flexibility index (Phi) is 2.69. The molecule has 74 valence electrons. The molecule has 0 saturated carbocycles. The number of benzene rings is 1. The molecule has 0 fully saturated rings. The molecule has 2 rings (SSSR count). The summed E-state index contributed by atoms with van der Waals surface area (Å²) in [5, 5.41) is 2.80. The van der Waals surface area contributed by atoms with Gasteiger partial charge in [-0.3, -0.25) is 0 Å². The average molecular weight is 199 g/mol. The van der Waals surface area contributed by atoms with Gasteiger partial charge in [-0.15, -0.1) is 4.91 Å². The monoisotopic (exact) mass is 199 g/mol. The van der Waals surface area contributed by atoms with E-state index in [0.29, 0.717) is 5.69 Å². The fourth-order valence-corrected chi connectivity index (χ4v) is 1.24. The molecule has 2 aromatic rings. The van der Waals surface area contributed by atoms with Crippen LogP contribution in [-0.4, -0.2) is 9.97 Å². The van der Waals surface area contributed by atoms with Gasteiger partial charge in [-0.2, -0.15) is 0 Å². The lowest BCUT2D eigenvalue weighted by molar-refractivity contribution is 1.29. The third-order valence-electron chi connectivity index (χ3n) is 1.98. The standard InChI is InChI=1S/C11H9N3O/c15-14-11-10(12-8-13-11)7-6-9-4-2-1-3-5-9/h1-8H,(H,12,13)/b7-6+. The van der Waals surface area contributed by atoms with Crippen LogP contribution in [0.5, 0.6) is 0 Å². The molecular weight excluding hydrogens is 190 g/mol. The van der Waals surface area contributed by atoms with Crippen molar-refractivity contribution in [3.63, 3.8) is 0 Å². The van der Waals surface area contributed by atoms with Gasteiger partial charge in [-0.25, -0.2) is 4.98 Å². The molecular formula is C11H9N3O. The summed E-state index contributed by atoms with van der Waals surface area (Å²) in [6.45, 7) is 0. The minimum atomic E-state index is 0.183. The first-order chi connectivity index (χ1) is 7.40.